The van der Waals surface area contributed by atoms with Crippen LogP contribution >= 0.6 is 0 Å². The van der Waals surface area contributed by atoms with Crippen molar-refractivity contribution in [1.82, 2.24) is 24.6 Å². The molecule has 3 aromatic rings. The van der Waals surface area contributed by atoms with Gasteiger partial charge in [0.1, 0.15) is 18.3 Å². The molecule has 1 aliphatic rings. The number of aromatic nitrogens is 4. The normalized spacial score (nSPS) is 19.4. The number of hydrogen-bond acceptors (Lipinski definition) is 4. The van der Waals surface area contributed by atoms with Crippen LogP contribution in [-0.2, 0) is 11.3 Å². The predicted molar refractivity (Wildman–Crippen MR) is 112 cm³/mol. The quantitative estimate of drug-likeness (QED) is 0.739. The van der Waals surface area contributed by atoms with Gasteiger partial charge in [0.25, 0.3) is 5.56 Å². The molecule has 1 N–H and O–H groups in total. The van der Waals surface area contributed by atoms with Crippen LogP contribution in [0.25, 0.3) is 16.7 Å². The van der Waals surface area contributed by atoms with Gasteiger partial charge in [0.2, 0.25) is 5.91 Å². The standard InChI is InChI=1S/C22H27N5O2/c1-14-4-6-17(7-5-14)25-20(28)12-26-13-23-21-19(22(26)29)11-24-27(21)18-9-15(2)8-16(3)10-18/h8-11,13-14,17H,4-7,12H2,1-3H3,(H,25,28). The first-order valence-corrected chi connectivity index (χ1v) is 10.2. The van der Waals surface area contributed by atoms with Gasteiger partial charge in [-0.2, -0.15) is 5.10 Å². The number of nitrogens with one attached hydrogen (secondary N) is 1. The van der Waals surface area contributed by atoms with Gasteiger partial charge in [-0.25, -0.2) is 9.67 Å². The van der Waals surface area contributed by atoms with Crippen LogP contribution < -0.4 is 10.9 Å². The lowest BCUT2D eigenvalue weighted by Gasteiger charge is -2.26. The number of aryl methyl sites for hydroxylation is 2. The highest BCUT2D eigenvalue weighted by Crippen LogP contribution is 2.23. The zero-order chi connectivity index (χ0) is 20.5. The molecule has 1 fully saturated rings. The largest absolute Gasteiger partial charge is 0.352 e. The van der Waals surface area contributed by atoms with Gasteiger partial charge in [-0.15, -0.1) is 0 Å². The van der Waals surface area contributed by atoms with Gasteiger partial charge < -0.3 is 5.32 Å². The van der Waals surface area contributed by atoms with Gasteiger partial charge in [0.05, 0.1) is 11.9 Å². The van der Waals surface area contributed by atoms with Crippen LogP contribution in [0.15, 0.2) is 35.5 Å². The van der Waals surface area contributed by atoms with E-state index in [1.54, 1.807) is 4.68 Å². The highest BCUT2D eigenvalue weighted by atomic mass is 16.2. The van der Waals surface area contributed by atoms with Crippen molar-refractivity contribution in [2.75, 3.05) is 0 Å². The average Bonchev–Trinajstić information content (AvgIpc) is 3.10. The second-order valence-corrected chi connectivity index (χ2v) is 8.34. The van der Waals surface area contributed by atoms with E-state index in [1.807, 2.05) is 26.0 Å². The number of hydrogen-bond donors (Lipinski definition) is 1. The van der Waals surface area contributed by atoms with Gasteiger partial charge in [0, 0.05) is 6.04 Å². The van der Waals surface area contributed by atoms with Gasteiger partial charge in [-0.3, -0.25) is 14.2 Å². The van der Waals surface area contributed by atoms with E-state index in [1.165, 1.54) is 17.1 Å². The van der Waals surface area contributed by atoms with Crippen molar-refractivity contribution in [1.29, 1.82) is 0 Å². The maximum absolute atomic E-state index is 12.9. The lowest BCUT2D eigenvalue weighted by molar-refractivity contribution is -0.122. The molecule has 0 radical (unpaired) electrons. The third-order valence-electron chi connectivity index (χ3n) is 5.70. The Bertz CT molecular complexity index is 1090. The molecular weight excluding hydrogens is 366 g/mol. The number of carbonyl (C=O) groups is 1. The molecule has 7 heteroatoms. The second-order valence-electron chi connectivity index (χ2n) is 8.34. The Labute approximate surface area is 169 Å². The number of benzene rings is 1. The molecule has 2 heterocycles. The van der Waals surface area contributed by atoms with Crippen molar-refractivity contribution >= 4 is 16.9 Å². The number of amides is 1. The van der Waals surface area contributed by atoms with Gasteiger partial charge in [-0.05, 0) is 68.7 Å². The van der Waals surface area contributed by atoms with Crippen LogP contribution in [0.2, 0.25) is 0 Å². The molecule has 0 unspecified atom stereocenters. The molecule has 1 aromatic carbocycles. The Morgan fingerprint density at radius 2 is 1.83 bits per heavy atom. The molecule has 1 aliphatic carbocycles. The summed E-state index contributed by atoms with van der Waals surface area (Å²) in [6, 6.07) is 6.30. The summed E-state index contributed by atoms with van der Waals surface area (Å²) in [7, 11) is 0. The zero-order valence-electron chi connectivity index (χ0n) is 17.2. The number of carbonyl (C=O) groups excluding carboxylic acids is 1. The van der Waals surface area contributed by atoms with E-state index in [2.05, 4.69) is 28.4 Å². The molecule has 0 aliphatic heterocycles. The van der Waals surface area contributed by atoms with E-state index in [9.17, 15) is 9.59 Å². The highest BCUT2D eigenvalue weighted by molar-refractivity contribution is 5.78. The number of rotatable bonds is 4. The van der Waals surface area contributed by atoms with Crippen LogP contribution in [0.4, 0.5) is 0 Å². The van der Waals surface area contributed by atoms with Gasteiger partial charge in [0.15, 0.2) is 5.65 Å². The van der Waals surface area contributed by atoms with E-state index < -0.39 is 0 Å². The summed E-state index contributed by atoms with van der Waals surface area (Å²) in [4.78, 5) is 29.7. The Hall–Kier alpha value is -2.96. The van der Waals surface area contributed by atoms with Crippen molar-refractivity contribution < 1.29 is 4.79 Å². The van der Waals surface area contributed by atoms with Crippen LogP contribution in [0, 0.1) is 19.8 Å². The third kappa shape index (κ3) is 4.09. The van der Waals surface area contributed by atoms with E-state index in [4.69, 9.17) is 0 Å². The molecule has 0 atom stereocenters. The first-order chi connectivity index (χ1) is 13.9. The van der Waals surface area contributed by atoms with Gasteiger partial charge >= 0.3 is 0 Å². The Balaban J connectivity index is 1.55. The fourth-order valence-corrected chi connectivity index (χ4v) is 4.16. The Morgan fingerprint density at radius 3 is 2.52 bits per heavy atom. The van der Waals surface area contributed by atoms with Crippen molar-refractivity contribution in [3.05, 3.63) is 52.2 Å². The molecule has 0 spiro atoms. The monoisotopic (exact) mass is 393 g/mol. The summed E-state index contributed by atoms with van der Waals surface area (Å²) in [5.74, 6) is 0.584. The number of fused-ring (bicyclic) bond motifs is 1. The molecule has 29 heavy (non-hydrogen) atoms. The average molecular weight is 393 g/mol. The predicted octanol–water partition coefficient (Wildman–Crippen LogP) is 2.89. The Kier molecular flexibility index (Phi) is 5.22. The van der Waals surface area contributed by atoms with E-state index >= 15 is 0 Å². The lowest BCUT2D eigenvalue weighted by Crippen LogP contribution is -2.40. The summed E-state index contributed by atoms with van der Waals surface area (Å²) >= 11 is 0. The first kappa shape index (κ1) is 19.4. The molecule has 152 valence electrons. The molecule has 1 saturated carbocycles. The molecule has 0 saturated heterocycles. The van der Waals surface area contributed by atoms with Crippen LogP contribution in [0.1, 0.15) is 43.7 Å². The van der Waals surface area contributed by atoms with Gasteiger partial charge in [-0.1, -0.05) is 13.0 Å². The van der Waals surface area contributed by atoms with Crippen molar-refractivity contribution in [3.63, 3.8) is 0 Å². The zero-order valence-corrected chi connectivity index (χ0v) is 17.2. The smallest absolute Gasteiger partial charge is 0.264 e. The highest BCUT2D eigenvalue weighted by Gasteiger charge is 2.20. The van der Waals surface area contributed by atoms with Crippen molar-refractivity contribution in [2.45, 2.75) is 59.0 Å². The topological polar surface area (TPSA) is 81.8 Å². The maximum atomic E-state index is 12.9. The summed E-state index contributed by atoms with van der Waals surface area (Å²) in [5.41, 5.74) is 3.35. The summed E-state index contributed by atoms with van der Waals surface area (Å²) in [5, 5.41) is 7.84. The molecular formula is C22H27N5O2. The van der Waals surface area contributed by atoms with Crippen LogP contribution in [-0.4, -0.2) is 31.3 Å². The summed E-state index contributed by atoms with van der Waals surface area (Å²) < 4.78 is 3.03. The minimum absolute atomic E-state index is 0.0252. The Morgan fingerprint density at radius 1 is 1.14 bits per heavy atom. The molecule has 4 rings (SSSR count). The van der Waals surface area contributed by atoms with E-state index in [0.717, 1.165) is 48.4 Å². The minimum Gasteiger partial charge on any atom is -0.352 e. The van der Waals surface area contributed by atoms with Crippen LogP contribution in [0.3, 0.4) is 0 Å². The lowest BCUT2D eigenvalue weighted by atomic mass is 9.87. The van der Waals surface area contributed by atoms with Crippen molar-refractivity contribution in [3.8, 4) is 5.69 Å². The molecule has 7 nitrogen and oxygen atoms in total. The second kappa shape index (κ2) is 7.81. The number of nitrogens with zero attached hydrogens (tertiary/aromatic N) is 4. The van der Waals surface area contributed by atoms with E-state index in [-0.39, 0.29) is 24.1 Å². The summed E-state index contributed by atoms with van der Waals surface area (Å²) in [6.07, 6.45) is 7.24. The SMILES string of the molecule is Cc1cc(C)cc(-n2ncc3c(=O)n(CC(=O)NC4CCC(C)CC4)cnc32)c1. The first-order valence-electron chi connectivity index (χ1n) is 10.2. The fourth-order valence-electron chi connectivity index (χ4n) is 4.16. The molecule has 1 amide bonds. The van der Waals surface area contributed by atoms with Crippen molar-refractivity contribution in [2.24, 2.45) is 5.92 Å². The molecule has 2 aromatic heterocycles. The third-order valence-corrected chi connectivity index (χ3v) is 5.70. The van der Waals surface area contributed by atoms with Crippen LogP contribution in [0.5, 0.6) is 0 Å². The maximum Gasteiger partial charge on any atom is 0.264 e. The molecule has 0 bridgehead atoms. The fraction of sp³-hybridized carbons (Fsp3) is 0.455. The van der Waals surface area contributed by atoms with E-state index in [0.29, 0.717) is 11.0 Å². The minimum atomic E-state index is -0.252. The summed E-state index contributed by atoms with van der Waals surface area (Å²) in [6.45, 7) is 6.27.